The van der Waals surface area contributed by atoms with Crippen LogP contribution in [0.2, 0.25) is 0 Å². The van der Waals surface area contributed by atoms with Crippen LogP contribution in [0.15, 0.2) is 78.9 Å². The van der Waals surface area contributed by atoms with E-state index < -0.39 is 24.3 Å². The lowest BCUT2D eigenvalue weighted by atomic mass is 9.99. The quantitative estimate of drug-likeness (QED) is 0.333. The largest absolute Gasteiger partial charge is 0.453 e. The molecule has 1 aliphatic rings. The number of hydrogen-bond acceptors (Lipinski definition) is 7. The van der Waals surface area contributed by atoms with Gasteiger partial charge in [-0.1, -0.05) is 66.7 Å². The van der Waals surface area contributed by atoms with Crippen LogP contribution in [0, 0.1) is 0 Å². The fraction of sp³-hybridized carbons (Fsp3) is 0.375. The molecule has 0 aromatic heterocycles. The fourth-order valence-corrected chi connectivity index (χ4v) is 4.81. The molecule has 0 bridgehead atoms. The monoisotopic (exact) mass is 546 g/mol. The molecule has 1 amide bonds. The highest BCUT2D eigenvalue weighted by molar-refractivity contribution is 5.95. The van der Waals surface area contributed by atoms with Gasteiger partial charge in [0, 0.05) is 37.2 Å². The molecule has 40 heavy (non-hydrogen) atoms. The Morgan fingerprint density at radius 2 is 1.73 bits per heavy atom. The van der Waals surface area contributed by atoms with Gasteiger partial charge in [-0.2, -0.15) is 0 Å². The van der Waals surface area contributed by atoms with Crippen LogP contribution in [0.1, 0.15) is 67.9 Å². The number of likely N-dealkylation sites (N-methyl/N-ethyl adjacent to an activating group) is 1. The highest BCUT2D eigenvalue weighted by Crippen LogP contribution is 2.39. The number of carbonyl (C=O) groups excluding carboxylic acids is 2. The number of nitrogens with zero attached hydrogens (tertiary/aromatic N) is 1. The van der Waals surface area contributed by atoms with Gasteiger partial charge < -0.3 is 24.6 Å². The minimum atomic E-state index is -0.916. The first kappa shape index (κ1) is 29.4. The molecule has 1 aliphatic heterocycles. The Kier molecular flexibility index (Phi) is 10.1. The van der Waals surface area contributed by atoms with Crippen molar-refractivity contribution in [3.63, 3.8) is 0 Å². The summed E-state index contributed by atoms with van der Waals surface area (Å²) in [6.45, 7) is 5.65. The molecule has 1 saturated heterocycles. The predicted octanol–water partition coefficient (Wildman–Crippen LogP) is 5.31. The summed E-state index contributed by atoms with van der Waals surface area (Å²) in [6, 6.07) is 25.7. The molecule has 212 valence electrons. The highest BCUT2D eigenvalue weighted by Gasteiger charge is 2.33. The molecule has 8 nitrogen and oxygen atoms in total. The zero-order valence-corrected chi connectivity index (χ0v) is 23.4. The molecule has 8 heteroatoms. The Morgan fingerprint density at radius 1 is 1.00 bits per heavy atom. The second-order valence-electron chi connectivity index (χ2n) is 10.2. The standard InChI is InChI=1S/C32H38N2O6/c1-21(25-9-6-5-7-10-25)34(4)19-29-18-30(26-15-13-24(20-35)14-16-26)40-32(39-29)27-11-8-12-28(17-27)33-31(37)22(2)38-23(3)36/h5-17,21-22,29-30,32,35H,18-20H2,1-4H3,(H,33,37)/t21-,22-,29+,30-,32-/m0/s1. The highest BCUT2D eigenvalue weighted by atomic mass is 16.7. The van der Waals surface area contributed by atoms with Crippen molar-refractivity contribution in [2.24, 2.45) is 0 Å². The maximum atomic E-state index is 12.5. The fourth-order valence-electron chi connectivity index (χ4n) is 4.81. The van der Waals surface area contributed by atoms with Crippen LogP contribution in [0.3, 0.4) is 0 Å². The SMILES string of the molecule is CC(=O)O[C@@H](C)C(=O)Nc1cccc([C@H]2O[C@@H](CN(C)[C@@H](C)c3ccccc3)C[C@@H](c3ccc(CO)cc3)O2)c1. The summed E-state index contributed by atoms with van der Waals surface area (Å²) in [5.74, 6) is -0.940. The van der Waals surface area contributed by atoms with E-state index in [2.05, 4.69) is 36.3 Å². The number of ether oxygens (including phenoxy) is 3. The van der Waals surface area contributed by atoms with Crippen molar-refractivity contribution in [2.75, 3.05) is 18.9 Å². The first-order valence-corrected chi connectivity index (χ1v) is 13.6. The minimum Gasteiger partial charge on any atom is -0.453 e. The number of aliphatic hydroxyl groups is 1. The molecule has 0 unspecified atom stereocenters. The van der Waals surface area contributed by atoms with E-state index in [1.807, 2.05) is 60.7 Å². The Morgan fingerprint density at radius 3 is 2.40 bits per heavy atom. The van der Waals surface area contributed by atoms with Gasteiger partial charge in [-0.3, -0.25) is 14.5 Å². The van der Waals surface area contributed by atoms with Crippen LogP contribution >= 0.6 is 0 Å². The third kappa shape index (κ3) is 7.76. The van der Waals surface area contributed by atoms with Crippen molar-refractivity contribution in [1.29, 1.82) is 0 Å². The maximum Gasteiger partial charge on any atom is 0.303 e. The van der Waals surface area contributed by atoms with E-state index in [9.17, 15) is 14.7 Å². The Bertz CT molecular complexity index is 1270. The van der Waals surface area contributed by atoms with Gasteiger partial charge in [0.25, 0.3) is 5.91 Å². The molecule has 4 rings (SSSR count). The average molecular weight is 547 g/mol. The number of esters is 1. The second-order valence-corrected chi connectivity index (χ2v) is 10.2. The topological polar surface area (TPSA) is 97.3 Å². The number of carbonyl (C=O) groups is 2. The van der Waals surface area contributed by atoms with E-state index in [1.165, 1.54) is 19.4 Å². The normalized spacial score (nSPS) is 20.5. The number of rotatable bonds is 10. The molecule has 1 fully saturated rings. The zero-order chi connectivity index (χ0) is 28.6. The molecule has 3 aromatic carbocycles. The van der Waals surface area contributed by atoms with Crippen molar-refractivity contribution >= 4 is 17.6 Å². The number of benzene rings is 3. The molecule has 0 radical (unpaired) electrons. The molecule has 5 atom stereocenters. The Balaban J connectivity index is 1.54. The summed E-state index contributed by atoms with van der Waals surface area (Å²) >= 11 is 0. The van der Waals surface area contributed by atoms with Gasteiger partial charge in [0.2, 0.25) is 0 Å². The van der Waals surface area contributed by atoms with Crippen LogP contribution in [0.25, 0.3) is 0 Å². The second kappa shape index (κ2) is 13.7. The summed E-state index contributed by atoms with van der Waals surface area (Å²) in [5, 5.41) is 12.3. The van der Waals surface area contributed by atoms with Crippen molar-refractivity contribution in [1.82, 2.24) is 4.90 Å². The lowest BCUT2D eigenvalue weighted by molar-refractivity contribution is -0.253. The van der Waals surface area contributed by atoms with Gasteiger partial charge in [-0.15, -0.1) is 0 Å². The Labute approximate surface area is 235 Å². The third-order valence-corrected chi connectivity index (χ3v) is 7.19. The van der Waals surface area contributed by atoms with E-state index in [4.69, 9.17) is 14.2 Å². The van der Waals surface area contributed by atoms with Gasteiger partial charge in [0.15, 0.2) is 12.4 Å². The number of anilines is 1. The summed E-state index contributed by atoms with van der Waals surface area (Å²) in [5.41, 5.74) is 4.39. The van der Waals surface area contributed by atoms with E-state index in [0.717, 1.165) is 16.7 Å². The van der Waals surface area contributed by atoms with Gasteiger partial charge in [0.1, 0.15) is 0 Å². The van der Waals surface area contributed by atoms with E-state index >= 15 is 0 Å². The smallest absolute Gasteiger partial charge is 0.303 e. The summed E-state index contributed by atoms with van der Waals surface area (Å²) in [4.78, 5) is 26.0. The molecular weight excluding hydrogens is 508 g/mol. The lowest BCUT2D eigenvalue weighted by Gasteiger charge is -2.39. The zero-order valence-electron chi connectivity index (χ0n) is 23.4. The molecule has 0 spiro atoms. The van der Waals surface area contributed by atoms with Crippen LogP contribution in [-0.4, -0.2) is 47.7 Å². The van der Waals surface area contributed by atoms with Gasteiger partial charge in [-0.05, 0) is 49.7 Å². The first-order chi connectivity index (χ1) is 19.2. The first-order valence-electron chi connectivity index (χ1n) is 13.6. The number of nitrogens with one attached hydrogen (secondary N) is 1. The van der Waals surface area contributed by atoms with E-state index in [1.54, 1.807) is 6.07 Å². The minimum absolute atomic E-state index is 0.0169. The van der Waals surface area contributed by atoms with Crippen LogP contribution < -0.4 is 5.32 Å². The van der Waals surface area contributed by atoms with Crippen molar-refractivity contribution in [3.05, 3.63) is 101 Å². The molecule has 1 heterocycles. The third-order valence-electron chi connectivity index (χ3n) is 7.19. The van der Waals surface area contributed by atoms with Crippen LogP contribution in [-0.2, 0) is 30.4 Å². The Hall–Kier alpha value is -3.56. The average Bonchev–Trinajstić information content (AvgIpc) is 2.96. The molecular formula is C32H38N2O6. The van der Waals surface area contributed by atoms with E-state index in [0.29, 0.717) is 18.7 Å². The van der Waals surface area contributed by atoms with Crippen molar-refractivity contribution < 1.29 is 28.9 Å². The summed E-state index contributed by atoms with van der Waals surface area (Å²) in [6.07, 6.45) is -1.26. The van der Waals surface area contributed by atoms with Crippen LogP contribution in [0.4, 0.5) is 5.69 Å². The summed E-state index contributed by atoms with van der Waals surface area (Å²) in [7, 11) is 2.09. The predicted molar refractivity (Wildman–Crippen MR) is 152 cm³/mol. The molecule has 0 saturated carbocycles. The number of amides is 1. The van der Waals surface area contributed by atoms with Crippen molar-refractivity contribution in [3.8, 4) is 0 Å². The van der Waals surface area contributed by atoms with Gasteiger partial charge >= 0.3 is 5.97 Å². The van der Waals surface area contributed by atoms with Gasteiger partial charge in [-0.25, -0.2) is 0 Å². The molecule has 2 N–H and O–H groups in total. The number of hydrogen-bond donors (Lipinski definition) is 2. The molecule has 3 aromatic rings. The van der Waals surface area contributed by atoms with Crippen molar-refractivity contribution in [2.45, 2.75) is 64.4 Å². The van der Waals surface area contributed by atoms with E-state index in [-0.39, 0.29) is 24.9 Å². The lowest BCUT2D eigenvalue weighted by Crippen LogP contribution is -2.38. The van der Waals surface area contributed by atoms with Gasteiger partial charge in [0.05, 0.1) is 18.8 Å². The maximum absolute atomic E-state index is 12.5. The molecule has 0 aliphatic carbocycles. The number of aliphatic hydroxyl groups excluding tert-OH is 1. The summed E-state index contributed by atoms with van der Waals surface area (Å²) < 4.78 is 18.0. The van der Waals surface area contributed by atoms with Crippen LogP contribution in [0.5, 0.6) is 0 Å².